The number of nitrogens with one attached hydrogen (secondary N) is 1. The number of halogens is 2. The minimum Gasteiger partial charge on any atom is -0.455 e. The molecule has 2 bridgehead atoms. The van der Waals surface area contributed by atoms with Crippen LogP contribution in [-0.2, 0) is 61.8 Å². The number of hydrogen-bond donors (Lipinski definition) is 2. The lowest BCUT2D eigenvalue weighted by Crippen LogP contribution is -2.82. The Kier molecular flexibility index (Phi) is 15.7. The highest BCUT2D eigenvalue weighted by atomic mass is 35.5. The topological polar surface area (TPSA) is 252 Å². The minimum atomic E-state index is -2.57. The number of ketones is 1. The Morgan fingerprint density at radius 2 is 1.36 bits per heavy atom. The van der Waals surface area contributed by atoms with Crippen molar-refractivity contribution in [2.24, 2.45) is 16.7 Å². The Balaban J connectivity index is 1.46. The third kappa shape index (κ3) is 9.86. The van der Waals surface area contributed by atoms with Crippen molar-refractivity contribution in [3.63, 3.8) is 0 Å². The van der Waals surface area contributed by atoms with E-state index in [0.29, 0.717) is 0 Å². The summed E-state index contributed by atoms with van der Waals surface area (Å²) in [5, 5.41) is 16.8. The first-order valence-corrected chi connectivity index (χ1v) is 23.8. The quantitative estimate of drug-likeness (QED) is 0.0761. The van der Waals surface area contributed by atoms with Gasteiger partial charge in [-0.05, 0) is 54.8 Å². The average Bonchev–Trinajstić information content (AvgIpc) is 3.33. The van der Waals surface area contributed by atoms with Gasteiger partial charge in [0.1, 0.15) is 36.1 Å². The summed E-state index contributed by atoms with van der Waals surface area (Å²) in [5.41, 5.74) is -8.20. The molecule has 3 fully saturated rings. The molecule has 1 unspecified atom stereocenters. The zero-order valence-electron chi connectivity index (χ0n) is 40.0. The van der Waals surface area contributed by atoms with Gasteiger partial charge in [0, 0.05) is 37.7 Å². The second-order valence-electron chi connectivity index (χ2n) is 18.5. The highest BCUT2D eigenvalue weighted by Gasteiger charge is 2.79. The number of ether oxygens (including phenoxy) is 9. The van der Waals surface area contributed by atoms with E-state index in [4.69, 9.17) is 65.8 Å². The van der Waals surface area contributed by atoms with E-state index in [-0.39, 0.29) is 34.3 Å². The molecule has 3 aromatic rings. The standard InChI is InChI=1S/C51H53Cl2NO18/c1-27-33(68-45(60)39(70-47(62)66-26-53)37(30-16-10-7-11-17-30)54-43(58)31-18-12-8-13-19-31)23-51(63)42(71-44(59)32-20-14-9-15-21-32)40-49(6,41(57)38(67-28(2)55)36(27)48(51,4)5)34(69-46(61)65-25-52)22-35-50(40,24-64-35)72-29(3)56/h7-21,33-35,37-40,42,63H,22-26H2,1-6H3,(H,54,58)/t33-,34-,35+,37-,38+,39+,40?,42-,49+,50-,51+/m0/s1. The number of Topliss-reactive ketones (excluding diaryl/α,β-unsaturated/α-hetero) is 1. The van der Waals surface area contributed by atoms with Crippen LogP contribution < -0.4 is 5.32 Å². The molecule has 1 heterocycles. The molecule has 3 aromatic carbocycles. The molecule has 2 N–H and O–H groups in total. The zero-order chi connectivity index (χ0) is 52.3. The van der Waals surface area contributed by atoms with Crippen molar-refractivity contribution in [3.8, 4) is 0 Å². The number of aliphatic hydroxyl groups is 1. The Hall–Kier alpha value is -6.54. The molecule has 0 radical (unpaired) electrons. The van der Waals surface area contributed by atoms with Crippen molar-refractivity contribution in [1.29, 1.82) is 0 Å². The van der Waals surface area contributed by atoms with Gasteiger partial charge in [-0.1, -0.05) is 104 Å². The van der Waals surface area contributed by atoms with Crippen LogP contribution in [-0.4, -0.2) is 120 Å². The summed E-state index contributed by atoms with van der Waals surface area (Å²) in [6, 6.07) is 20.7. The van der Waals surface area contributed by atoms with Crippen LogP contribution in [0.15, 0.2) is 102 Å². The summed E-state index contributed by atoms with van der Waals surface area (Å²) < 4.78 is 52.1. The number of benzene rings is 3. The zero-order valence-corrected chi connectivity index (χ0v) is 41.5. The van der Waals surface area contributed by atoms with Crippen LogP contribution in [0.25, 0.3) is 0 Å². The number of esters is 4. The largest absolute Gasteiger partial charge is 0.510 e. The molecule has 11 atom stereocenters. The first kappa shape index (κ1) is 53.3. The lowest BCUT2D eigenvalue weighted by atomic mass is 9.44. The molecule has 3 aliphatic carbocycles. The Labute approximate surface area is 423 Å². The molecular formula is C51H53Cl2NO18. The molecule has 384 valence electrons. The van der Waals surface area contributed by atoms with Gasteiger partial charge < -0.3 is 53.1 Å². The van der Waals surface area contributed by atoms with Crippen molar-refractivity contribution < 1.29 is 86.1 Å². The predicted octanol–water partition coefficient (Wildman–Crippen LogP) is 6.45. The molecule has 4 aliphatic rings. The average molecular weight is 1040 g/mol. The molecule has 19 nitrogen and oxygen atoms in total. The fourth-order valence-corrected chi connectivity index (χ4v) is 11.0. The molecule has 1 aliphatic heterocycles. The van der Waals surface area contributed by atoms with E-state index in [2.05, 4.69) is 5.32 Å². The second-order valence-corrected chi connectivity index (χ2v) is 19.0. The maximum absolute atomic E-state index is 16.1. The fraction of sp³-hybridized carbons (Fsp3) is 0.451. The van der Waals surface area contributed by atoms with E-state index < -0.39 is 144 Å². The molecule has 72 heavy (non-hydrogen) atoms. The molecule has 0 spiro atoms. The SMILES string of the molecule is CC(=O)O[C@H]1C(=O)[C@@]2(C)C([C@H](OC(=O)c3ccccc3)[C@]3(O)C[C@H](OC(=O)[C@H](OC(=O)OCCl)[C@@H](NC(=O)c4ccccc4)c4ccccc4)C(C)=C1C3(C)C)[C@]1(OC(C)=O)CO[C@@H]1C[C@@H]2OC(=O)OCCl. The van der Waals surface area contributed by atoms with Crippen LogP contribution in [0.3, 0.4) is 0 Å². The van der Waals surface area contributed by atoms with Gasteiger partial charge in [0.05, 0.1) is 23.5 Å². The molecule has 7 rings (SSSR count). The van der Waals surface area contributed by atoms with Crippen LogP contribution in [0.1, 0.15) is 86.7 Å². The van der Waals surface area contributed by atoms with Crippen molar-refractivity contribution >= 4 is 71.1 Å². The molecule has 0 aromatic heterocycles. The maximum atomic E-state index is 16.1. The fourth-order valence-electron chi connectivity index (χ4n) is 10.8. The summed E-state index contributed by atoms with van der Waals surface area (Å²) in [4.78, 5) is 113. The van der Waals surface area contributed by atoms with E-state index in [0.717, 1.165) is 13.8 Å². The van der Waals surface area contributed by atoms with Crippen LogP contribution in [0.5, 0.6) is 0 Å². The molecular weight excluding hydrogens is 985 g/mol. The van der Waals surface area contributed by atoms with Gasteiger partial charge in [-0.2, -0.15) is 0 Å². The summed E-state index contributed by atoms with van der Waals surface area (Å²) in [5.74, 6) is -7.59. The van der Waals surface area contributed by atoms with Gasteiger partial charge in [0.2, 0.25) is 6.10 Å². The Morgan fingerprint density at radius 1 is 0.778 bits per heavy atom. The number of amides is 1. The van der Waals surface area contributed by atoms with Gasteiger partial charge in [-0.15, -0.1) is 0 Å². The number of carbonyl (C=O) groups excluding carboxylic acids is 8. The highest BCUT2D eigenvalue weighted by Crippen LogP contribution is 2.65. The van der Waals surface area contributed by atoms with Gasteiger partial charge >= 0.3 is 36.2 Å². The number of carbonyl (C=O) groups is 8. The van der Waals surface area contributed by atoms with E-state index in [1.165, 1.54) is 52.0 Å². The van der Waals surface area contributed by atoms with E-state index in [1.807, 2.05) is 0 Å². The van der Waals surface area contributed by atoms with Crippen LogP contribution >= 0.6 is 23.2 Å². The predicted molar refractivity (Wildman–Crippen MR) is 250 cm³/mol. The maximum Gasteiger partial charge on any atom is 0.510 e. The monoisotopic (exact) mass is 1040 g/mol. The summed E-state index contributed by atoms with van der Waals surface area (Å²) in [6.45, 7) is 7.51. The number of alkyl halides is 2. The van der Waals surface area contributed by atoms with Crippen molar-refractivity contribution in [2.45, 2.75) is 108 Å². The van der Waals surface area contributed by atoms with Gasteiger partial charge in [-0.3, -0.25) is 19.2 Å². The third-order valence-electron chi connectivity index (χ3n) is 14.2. The van der Waals surface area contributed by atoms with Crippen molar-refractivity contribution in [3.05, 3.63) is 119 Å². The summed E-state index contributed by atoms with van der Waals surface area (Å²) in [7, 11) is 0. The van der Waals surface area contributed by atoms with Gasteiger partial charge in [0.15, 0.2) is 29.6 Å². The first-order chi connectivity index (χ1) is 34.1. The van der Waals surface area contributed by atoms with E-state index >= 15 is 9.59 Å². The smallest absolute Gasteiger partial charge is 0.455 e. The van der Waals surface area contributed by atoms with Crippen LogP contribution in [0.4, 0.5) is 9.59 Å². The van der Waals surface area contributed by atoms with Gasteiger partial charge in [-0.25, -0.2) is 19.2 Å². The van der Waals surface area contributed by atoms with Crippen LogP contribution in [0.2, 0.25) is 0 Å². The Bertz CT molecular complexity index is 2610. The lowest BCUT2D eigenvalue weighted by molar-refractivity contribution is -0.346. The molecule has 1 saturated heterocycles. The molecule has 1 amide bonds. The number of hydrogen-bond acceptors (Lipinski definition) is 18. The minimum absolute atomic E-state index is 0.0110. The van der Waals surface area contributed by atoms with Crippen molar-refractivity contribution in [1.82, 2.24) is 5.32 Å². The third-order valence-corrected chi connectivity index (χ3v) is 14.4. The summed E-state index contributed by atoms with van der Waals surface area (Å²) in [6.07, 6.45) is -14.3. The normalized spacial score (nSPS) is 28.8. The Morgan fingerprint density at radius 3 is 1.92 bits per heavy atom. The van der Waals surface area contributed by atoms with E-state index in [1.54, 1.807) is 66.7 Å². The number of fused-ring (bicyclic) bond motifs is 5. The van der Waals surface area contributed by atoms with Gasteiger partial charge in [0.25, 0.3) is 5.91 Å². The molecule has 21 heteroatoms. The van der Waals surface area contributed by atoms with Crippen LogP contribution in [0, 0.1) is 16.7 Å². The first-order valence-electron chi connectivity index (χ1n) is 22.8. The second kappa shape index (κ2) is 21.3. The lowest BCUT2D eigenvalue weighted by Gasteiger charge is -2.67. The molecule has 2 saturated carbocycles. The van der Waals surface area contributed by atoms with Crippen molar-refractivity contribution in [2.75, 3.05) is 18.7 Å². The highest BCUT2D eigenvalue weighted by molar-refractivity contribution is 6.17. The summed E-state index contributed by atoms with van der Waals surface area (Å²) >= 11 is 11.5. The van der Waals surface area contributed by atoms with E-state index in [9.17, 15) is 33.9 Å². The number of rotatable bonds is 14.